The lowest BCUT2D eigenvalue weighted by Gasteiger charge is -2.36. The Morgan fingerprint density at radius 1 is 0.578 bits per heavy atom. The summed E-state index contributed by atoms with van der Waals surface area (Å²) < 4.78 is 1.86. The number of aromatic nitrogens is 8. The van der Waals surface area contributed by atoms with Gasteiger partial charge >= 0.3 is 17.6 Å². The topological polar surface area (TPSA) is 371 Å². The molecule has 0 amide bonds. The van der Waals surface area contributed by atoms with Gasteiger partial charge in [-0.05, 0) is 151 Å². The van der Waals surface area contributed by atoms with Crippen molar-refractivity contribution >= 4 is 82.0 Å². The number of carboxylic acid groups (broad SMARTS) is 2. The van der Waals surface area contributed by atoms with Crippen molar-refractivity contribution in [1.82, 2.24) is 54.2 Å². The predicted octanol–water partition coefficient (Wildman–Crippen LogP) is 1.35. The van der Waals surface area contributed by atoms with Crippen LogP contribution >= 0.6 is 0 Å². The number of nitrogen functional groups attached to an aromatic ring is 1. The molecule has 0 spiro atoms. The molecule has 7 aliphatic rings. The molecule has 90 heavy (non-hydrogen) atoms. The number of aryl methyl sites for hydroxylation is 5. The lowest BCUT2D eigenvalue weighted by molar-refractivity contribution is -0.148. The van der Waals surface area contributed by atoms with Crippen molar-refractivity contribution in [3.8, 4) is 11.5 Å². The van der Waals surface area contributed by atoms with Crippen LogP contribution in [0.3, 0.4) is 0 Å². The number of β-amino-alcohol motifs (C(OH)–C–C–N with tert-alkyl or cyclic N) is 1. The van der Waals surface area contributed by atoms with E-state index in [4.69, 9.17) is 5.73 Å². The molecular weight excluding hydrogens is 1160 g/mol. The summed E-state index contributed by atoms with van der Waals surface area (Å²) in [5, 5.41) is 39.2. The van der Waals surface area contributed by atoms with Crippen LogP contribution < -0.4 is 59.6 Å². The van der Waals surface area contributed by atoms with Gasteiger partial charge in [-0.2, -0.15) is 4.98 Å². The van der Waals surface area contributed by atoms with Crippen LogP contribution in [0, 0.1) is 52.4 Å². The quantitative estimate of drug-likeness (QED) is 0.0632. The molecule has 4 atom stereocenters. The number of aromatic amines is 3. The van der Waals surface area contributed by atoms with Crippen molar-refractivity contribution in [2.75, 3.05) is 87.5 Å². The second kappa shape index (κ2) is 26.9. The van der Waals surface area contributed by atoms with Crippen LogP contribution in [0.15, 0.2) is 65.6 Å². The zero-order valence-corrected chi connectivity index (χ0v) is 50.7. The number of piperidine rings is 3. The van der Waals surface area contributed by atoms with E-state index in [2.05, 4.69) is 67.8 Å². The minimum atomic E-state index is -0.958. The molecule has 3 saturated heterocycles. The summed E-state index contributed by atoms with van der Waals surface area (Å²) >= 11 is 0. The van der Waals surface area contributed by atoms with Gasteiger partial charge < -0.3 is 60.3 Å². The Balaban J connectivity index is 0.000000159. The minimum absolute atomic E-state index is 0. The number of Topliss-reactive ketones (excluding diaryl/α,β-unsaturated/α-hetero) is 1. The molecule has 9 N–H and O–H groups in total. The number of carbonyl (C=O) groups excluding carboxylic acids is 1. The third-order valence-corrected chi connectivity index (χ3v) is 17.6. The zero-order valence-electron chi connectivity index (χ0n) is 50.7. The van der Waals surface area contributed by atoms with Crippen molar-refractivity contribution in [2.24, 2.45) is 27.7 Å². The number of anilines is 5. The van der Waals surface area contributed by atoms with E-state index in [0.29, 0.717) is 125 Å². The number of carbonyl (C=O) groups is 3. The fourth-order valence-electron chi connectivity index (χ4n) is 12.1. The van der Waals surface area contributed by atoms with E-state index in [1.807, 2.05) is 90.3 Å². The maximum Gasteiger partial charge on any atom is 0.349 e. The van der Waals surface area contributed by atoms with Crippen LogP contribution in [0.1, 0.15) is 67.9 Å². The average molecular weight is 1240 g/mol. The van der Waals surface area contributed by atoms with Crippen molar-refractivity contribution in [3.63, 3.8) is 0 Å². The van der Waals surface area contributed by atoms with Crippen molar-refractivity contribution in [2.45, 2.75) is 93.4 Å². The van der Waals surface area contributed by atoms with E-state index in [-0.39, 0.29) is 63.4 Å². The molecule has 2 aromatic heterocycles. The molecule has 27 heteroatoms. The molecule has 0 aliphatic carbocycles. The number of hydrogen-bond donors (Lipinski definition) is 8. The summed E-state index contributed by atoms with van der Waals surface area (Å²) in [6, 6.07) is 11.6. The Labute approximate surface area is 516 Å². The predicted molar refractivity (Wildman–Crippen MR) is 341 cm³/mol. The summed E-state index contributed by atoms with van der Waals surface area (Å²) in [5.41, 5.74) is 15.2. The number of hydrogen-bond acceptors (Lipinski definition) is 21. The summed E-state index contributed by atoms with van der Waals surface area (Å²) in [7, 11) is 0. The van der Waals surface area contributed by atoms with Crippen LogP contribution in [0.4, 0.5) is 40.1 Å². The molecule has 12 rings (SSSR count). The fourth-order valence-corrected chi connectivity index (χ4v) is 12.1. The van der Waals surface area contributed by atoms with Crippen molar-refractivity contribution < 1.29 is 34.8 Å². The van der Waals surface area contributed by atoms with E-state index in [9.17, 15) is 54.0 Å². The number of likely N-dealkylation sites (tertiary alicyclic amines) is 3. The number of aliphatic hydroxyl groups excluding tert-OH is 2. The summed E-state index contributed by atoms with van der Waals surface area (Å²) in [4.78, 5) is 128. The highest BCUT2D eigenvalue weighted by atomic mass is 16.4. The van der Waals surface area contributed by atoms with Gasteiger partial charge in [0.1, 0.15) is 16.7 Å². The molecule has 0 radical (unpaired) electrons. The Morgan fingerprint density at radius 3 is 1.69 bits per heavy atom. The van der Waals surface area contributed by atoms with Gasteiger partial charge in [-0.15, -0.1) is 0 Å². The first kappa shape index (κ1) is 65.3. The van der Waals surface area contributed by atoms with Gasteiger partial charge in [-0.1, -0.05) is 20.6 Å². The molecule has 0 bridgehead atoms. The minimum Gasteiger partial charge on any atom is -0.481 e. The first-order valence-corrected chi connectivity index (χ1v) is 29.7. The van der Waals surface area contributed by atoms with Crippen molar-refractivity contribution in [1.29, 1.82) is 0 Å². The summed E-state index contributed by atoms with van der Waals surface area (Å²) in [6.45, 7) is 25.9. The molecule has 27 nitrogen and oxygen atoms in total. The van der Waals surface area contributed by atoms with Crippen LogP contribution in [-0.4, -0.2) is 177 Å². The molecule has 7 aliphatic heterocycles. The number of nitrogens with one attached hydrogen (secondary N) is 3. The molecule has 0 saturated carbocycles. The first-order chi connectivity index (χ1) is 42.3. The van der Waals surface area contributed by atoms with Gasteiger partial charge in [0.15, 0.2) is 33.9 Å². The van der Waals surface area contributed by atoms with Crippen LogP contribution in [0.5, 0.6) is 0 Å². The van der Waals surface area contributed by atoms with Gasteiger partial charge in [-0.25, -0.2) is 29.7 Å². The van der Waals surface area contributed by atoms with Crippen LogP contribution in [-0.2, 0) is 20.9 Å². The third kappa shape index (κ3) is 13.8. The summed E-state index contributed by atoms with van der Waals surface area (Å²) in [5.74, 6) is -1.91. The van der Waals surface area contributed by atoms with Gasteiger partial charge in [0, 0.05) is 64.6 Å². The number of aliphatic carboxylic acids is 2. The molecule has 476 valence electrons. The largest absolute Gasteiger partial charge is 0.481 e. The number of benzene rings is 3. The first-order valence-electron chi connectivity index (χ1n) is 29.7. The fraction of sp³-hybridized carbons (Fsp3) is 0.444. The number of H-pyrrole nitrogens is 3. The monoisotopic (exact) mass is 1230 g/mol. The lowest BCUT2D eigenvalue weighted by atomic mass is 9.91. The highest BCUT2D eigenvalue weighted by Gasteiger charge is 2.35. The summed E-state index contributed by atoms with van der Waals surface area (Å²) in [6.07, 6.45) is 0.717. The van der Waals surface area contributed by atoms with Gasteiger partial charge in [-0.3, -0.25) is 38.7 Å². The Kier molecular flexibility index (Phi) is 19.5. The number of aliphatic hydroxyl groups is 2. The second-order valence-electron chi connectivity index (χ2n) is 23.7. The molecule has 4 unspecified atom stereocenters. The second-order valence-corrected chi connectivity index (χ2v) is 23.7. The number of fused-ring (bicyclic) bond motifs is 6. The Bertz CT molecular complexity index is 4410. The number of nitrogens with two attached hydrogens (primary N) is 1. The normalized spacial score (nSPS) is 19.1. The highest BCUT2D eigenvalue weighted by Crippen LogP contribution is 2.39. The standard InChI is InChI=1S/2C21H25N5O4.C20H24N6O3.CH4/c1-11-8-15-16(9-12(11)2)26(19-18(22-15)20(29)24-21(30)23-19)7-6-25-5-4-17(28)14(10-25)13(3)27;1-11-8-15-16(9-12(11)2)26(19-18(24-15)20(28)23-13(3)22-19)7-6-25-5-4-14(21(29)30)17(27)10-25;1-11-9-15-16(10-14(11)21)26(18-17(24-15)19(27)23-12(2)22-18)8-7-25-5-3-13(4-6-25)20(28)29;/h8-9,14,17,28H,4-7,10H2,1-3H3,(H,24,29,30);8-9,14,17,27H,3-7,10H2,1-2H3,(H,23,28)(H,29,30);9-10,13H,2-8,21H2,1H3,(H,23,27)(H,28,29);1H4. The van der Waals surface area contributed by atoms with Gasteiger partial charge in [0.05, 0.1) is 63.7 Å². The molecule has 3 fully saturated rings. The number of nitrogens with zero attached hydrogens (tertiary/aromatic N) is 12. The van der Waals surface area contributed by atoms with Gasteiger partial charge in [0.25, 0.3) is 16.7 Å². The Hall–Kier alpha value is -9.15. The number of rotatable bonds is 12. The molecule has 3 aromatic carbocycles. The average Bonchev–Trinajstić information content (AvgIpc) is 0.803. The van der Waals surface area contributed by atoms with Crippen LogP contribution in [0.25, 0.3) is 35.7 Å². The number of carboxylic acids is 2. The maximum absolute atomic E-state index is 12.5. The Morgan fingerprint density at radius 2 is 1.10 bits per heavy atom. The maximum atomic E-state index is 12.5. The van der Waals surface area contributed by atoms with Gasteiger partial charge in [0.2, 0.25) is 0 Å². The SMILES string of the molecule is C.C=c1nc2c(c(=O)[nH]1)=Nc1cc(C)c(C)cc1N2CCN1CCC(C(=O)O)C(O)C1.C=c1nc2c(c(=O)[nH]1)=Nc1cc(C)c(N)cc1N2CCN1CCC(C(=O)O)CC1.CC(=O)C1CN(CCn2c3nc(=O)[nH]c(=O)c-3nc3cc(C)c(C)cc32)CCC1O. The smallest absolute Gasteiger partial charge is 0.349 e. The molecular formula is C63H78N16O11. The number of ketones is 1. The zero-order chi connectivity index (χ0) is 63.9. The van der Waals surface area contributed by atoms with Crippen LogP contribution in [0.2, 0.25) is 0 Å². The third-order valence-electron chi connectivity index (χ3n) is 17.6. The van der Waals surface area contributed by atoms with Crippen molar-refractivity contribution in [3.05, 3.63) is 127 Å². The van der Waals surface area contributed by atoms with E-state index in [0.717, 1.165) is 57.8 Å². The molecule has 9 heterocycles. The molecule has 5 aromatic rings. The van der Waals surface area contributed by atoms with E-state index in [1.54, 1.807) is 0 Å². The van der Waals surface area contributed by atoms with E-state index in [1.165, 1.54) is 6.92 Å². The van der Waals surface area contributed by atoms with E-state index < -0.39 is 47.2 Å². The highest BCUT2D eigenvalue weighted by molar-refractivity contribution is 5.82. The van der Waals surface area contributed by atoms with E-state index >= 15 is 0 Å². The lowest BCUT2D eigenvalue weighted by Crippen LogP contribution is -2.49.